The van der Waals surface area contributed by atoms with Crippen LogP contribution in [0.15, 0.2) is 29.2 Å². The van der Waals surface area contributed by atoms with Gasteiger partial charge in [-0.25, -0.2) is 13.9 Å². The predicted octanol–water partition coefficient (Wildman–Crippen LogP) is 3.04. The van der Waals surface area contributed by atoms with Crippen molar-refractivity contribution in [1.29, 1.82) is 0 Å². The molecular weight excluding hydrogens is 368 g/mol. The third-order valence-corrected chi connectivity index (χ3v) is 6.03. The van der Waals surface area contributed by atoms with E-state index in [1.54, 1.807) is 51.4 Å². The molecular formula is C19H32N2O5S. The molecule has 1 atom stereocenters. The summed E-state index contributed by atoms with van der Waals surface area (Å²) >= 11 is 0. The number of nitrogens with one attached hydrogen (secondary N) is 1. The summed E-state index contributed by atoms with van der Waals surface area (Å²) in [5.74, 6) is -0.280. The van der Waals surface area contributed by atoms with E-state index in [4.69, 9.17) is 4.74 Å². The van der Waals surface area contributed by atoms with E-state index in [0.717, 1.165) is 0 Å². The molecule has 0 aliphatic rings. The van der Waals surface area contributed by atoms with Crippen LogP contribution in [0.2, 0.25) is 0 Å². The second-order valence-electron chi connectivity index (χ2n) is 7.92. The van der Waals surface area contributed by atoms with E-state index in [-0.39, 0.29) is 23.1 Å². The van der Waals surface area contributed by atoms with E-state index in [1.165, 1.54) is 10.4 Å². The Balaban J connectivity index is 3.56. The topological polar surface area (TPSA) is 95.9 Å². The van der Waals surface area contributed by atoms with Gasteiger partial charge in [0.2, 0.25) is 10.0 Å². The maximum Gasteiger partial charge on any atom is 0.262 e. The van der Waals surface area contributed by atoms with Gasteiger partial charge in [-0.3, -0.25) is 10.0 Å². The van der Waals surface area contributed by atoms with Crippen molar-refractivity contribution in [3.05, 3.63) is 24.3 Å². The molecule has 8 heteroatoms. The summed E-state index contributed by atoms with van der Waals surface area (Å²) in [5, 5.41) is 9.22. The molecule has 0 aromatic heterocycles. The number of amides is 1. The Hall–Kier alpha value is -1.64. The number of nitrogens with zero attached hydrogens (tertiary/aromatic N) is 1. The molecule has 0 heterocycles. The maximum atomic E-state index is 13.5. The largest absolute Gasteiger partial charge is 0.492 e. The van der Waals surface area contributed by atoms with Gasteiger partial charge < -0.3 is 4.74 Å². The van der Waals surface area contributed by atoms with Crippen LogP contribution in [0.4, 0.5) is 0 Å². The first-order valence-electron chi connectivity index (χ1n) is 9.14. The molecule has 0 saturated carbocycles. The summed E-state index contributed by atoms with van der Waals surface area (Å²) in [6.45, 7) is 11.5. The minimum absolute atomic E-state index is 0.00981. The highest BCUT2D eigenvalue weighted by molar-refractivity contribution is 7.89. The SMILES string of the molecule is CCOc1ccccc1S(=O)(=O)N(CCC(C)C)[C@@H](C(=O)NO)C(C)(C)C. The van der Waals surface area contributed by atoms with E-state index in [1.807, 2.05) is 13.8 Å². The van der Waals surface area contributed by atoms with E-state index in [2.05, 4.69) is 0 Å². The number of hydroxylamine groups is 1. The zero-order chi connectivity index (χ0) is 20.8. The number of hydrogen-bond donors (Lipinski definition) is 2. The summed E-state index contributed by atoms with van der Waals surface area (Å²) in [6.07, 6.45) is 0.571. The highest BCUT2D eigenvalue weighted by atomic mass is 32.2. The lowest BCUT2D eigenvalue weighted by atomic mass is 9.86. The zero-order valence-electron chi connectivity index (χ0n) is 17.0. The van der Waals surface area contributed by atoms with Gasteiger partial charge in [0, 0.05) is 6.54 Å². The van der Waals surface area contributed by atoms with Gasteiger partial charge in [0.25, 0.3) is 5.91 Å². The van der Waals surface area contributed by atoms with Crippen molar-refractivity contribution in [2.24, 2.45) is 11.3 Å². The summed E-state index contributed by atoms with van der Waals surface area (Å²) in [4.78, 5) is 12.4. The summed E-state index contributed by atoms with van der Waals surface area (Å²) in [7, 11) is -4.05. The first kappa shape index (κ1) is 23.4. The van der Waals surface area contributed by atoms with Gasteiger partial charge in [-0.15, -0.1) is 0 Å². The van der Waals surface area contributed by atoms with Crippen LogP contribution < -0.4 is 10.2 Å². The van der Waals surface area contributed by atoms with Gasteiger partial charge in [-0.1, -0.05) is 46.8 Å². The quantitative estimate of drug-likeness (QED) is 0.491. The minimum atomic E-state index is -4.05. The van der Waals surface area contributed by atoms with Gasteiger partial charge >= 0.3 is 0 Å². The summed E-state index contributed by atoms with van der Waals surface area (Å²) in [6, 6.07) is 5.30. The molecule has 0 unspecified atom stereocenters. The van der Waals surface area contributed by atoms with Crippen molar-refractivity contribution >= 4 is 15.9 Å². The molecule has 1 aromatic rings. The Bertz CT molecular complexity index is 726. The van der Waals surface area contributed by atoms with Gasteiger partial charge in [-0.2, -0.15) is 4.31 Å². The molecule has 7 nitrogen and oxygen atoms in total. The second kappa shape index (κ2) is 9.52. The molecule has 0 spiro atoms. The monoisotopic (exact) mass is 400 g/mol. The molecule has 2 N–H and O–H groups in total. The van der Waals surface area contributed by atoms with E-state index >= 15 is 0 Å². The van der Waals surface area contributed by atoms with Crippen LogP contribution in [0.3, 0.4) is 0 Å². The van der Waals surface area contributed by atoms with Crippen molar-refractivity contribution in [3.8, 4) is 5.75 Å². The van der Waals surface area contributed by atoms with Gasteiger partial charge in [0.1, 0.15) is 16.7 Å². The second-order valence-corrected chi connectivity index (χ2v) is 9.78. The Morgan fingerprint density at radius 3 is 2.33 bits per heavy atom. The highest BCUT2D eigenvalue weighted by Crippen LogP contribution is 2.33. The average Bonchev–Trinajstić information content (AvgIpc) is 2.57. The molecule has 0 fully saturated rings. The summed E-state index contributed by atoms with van der Waals surface area (Å²) in [5.41, 5.74) is 0.888. The number of carbonyl (C=O) groups is 1. The molecule has 154 valence electrons. The molecule has 1 rings (SSSR count). The van der Waals surface area contributed by atoms with Crippen LogP contribution in [0.1, 0.15) is 48.0 Å². The highest BCUT2D eigenvalue weighted by Gasteiger charge is 2.43. The number of rotatable bonds is 9. The number of carbonyl (C=O) groups excluding carboxylic acids is 1. The Morgan fingerprint density at radius 2 is 1.85 bits per heavy atom. The molecule has 27 heavy (non-hydrogen) atoms. The van der Waals surface area contributed by atoms with Gasteiger partial charge in [0.05, 0.1) is 6.61 Å². The lowest BCUT2D eigenvalue weighted by Gasteiger charge is -2.38. The smallest absolute Gasteiger partial charge is 0.262 e. The molecule has 0 aliphatic carbocycles. The van der Waals surface area contributed by atoms with Crippen LogP contribution in [-0.4, -0.2) is 43.0 Å². The fraction of sp³-hybridized carbons (Fsp3) is 0.632. The van der Waals surface area contributed by atoms with Crippen LogP contribution in [-0.2, 0) is 14.8 Å². The Kier molecular flexibility index (Phi) is 8.25. The lowest BCUT2D eigenvalue weighted by molar-refractivity contribution is -0.136. The van der Waals surface area contributed by atoms with Gasteiger partial charge in [-0.05, 0) is 36.8 Å². The number of ether oxygens (including phenoxy) is 1. The minimum Gasteiger partial charge on any atom is -0.492 e. The molecule has 1 aromatic carbocycles. The van der Waals surface area contributed by atoms with Crippen LogP contribution in [0.25, 0.3) is 0 Å². The Labute approximate surface area is 162 Å². The molecule has 0 aliphatic heterocycles. The predicted molar refractivity (Wildman–Crippen MR) is 104 cm³/mol. The first-order chi connectivity index (χ1) is 12.5. The van der Waals surface area contributed by atoms with Crippen molar-refractivity contribution in [1.82, 2.24) is 9.79 Å². The fourth-order valence-corrected chi connectivity index (χ4v) is 4.77. The molecule has 0 saturated heterocycles. The van der Waals surface area contributed by atoms with Crippen molar-refractivity contribution in [2.75, 3.05) is 13.2 Å². The molecule has 0 bridgehead atoms. The van der Waals surface area contributed by atoms with E-state index < -0.39 is 27.4 Å². The van der Waals surface area contributed by atoms with E-state index in [9.17, 15) is 18.4 Å². The van der Waals surface area contributed by atoms with Crippen LogP contribution >= 0.6 is 0 Å². The molecule has 1 amide bonds. The maximum absolute atomic E-state index is 13.5. The Morgan fingerprint density at radius 1 is 1.26 bits per heavy atom. The third kappa shape index (κ3) is 5.92. The summed E-state index contributed by atoms with van der Waals surface area (Å²) < 4.78 is 33.7. The standard InChI is InChI=1S/C19H32N2O5S/c1-7-26-15-10-8-9-11-16(15)27(24,25)21(13-12-14(2)3)17(18(22)20-23)19(4,5)6/h8-11,14,17,23H,7,12-13H2,1-6H3,(H,20,22)/t17-/m0/s1. The number of hydrogen-bond acceptors (Lipinski definition) is 5. The number of benzene rings is 1. The van der Waals surface area contributed by atoms with E-state index in [0.29, 0.717) is 13.0 Å². The lowest BCUT2D eigenvalue weighted by Crippen LogP contribution is -2.55. The van der Waals surface area contributed by atoms with Crippen molar-refractivity contribution in [2.45, 2.75) is 58.9 Å². The fourth-order valence-electron chi connectivity index (χ4n) is 2.86. The van der Waals surface area contributed by atoms with Crippen molar-refractivity contribution < 1.29 is 23.2 Å². The molecule has 0 radical (unpaired) electrons. The first-order valence-corrected chi connectivity index (χ1v) is 10.6. The third-order valence-electron chi connectivity index (χ3n) is 4.13. The number of sulfonamides is 1. The average molecular weight is 401 g/mol. The number of para-hydroxylation sites is 1. The zero-order valence-corrected chi connectivity index (χ0v) is 17.8. The van der Waals surface area contributed by atoms with Crippen LogP contribution in [0, 0.1) is 11.3 Å². The van der Waals surface area contributed by atoms with Gasteiger partial charge in [0.15, 0.2) is 0 Å². The van der Waals surface area contributed by atoms with Crippen molar-refractivity contribution in [3.63, 3.8) is 0 Å². The normalized spacial score (nSPS) is 13.7. The van der Waals surface area contributed by atoms with Crippen LogP contribution in [0.5, 0.6) is 5.75 Å².